The Morgan fingerprint density at radius 1 is 1.14 bits per heavy atom. The van der Waals surface area contributed by atoms with E-state index in [0.717, 1.165) is 65.0 Å². The molecule has 3 aromatic heterocycles. The molecule has 0 aliphatic carbocycles. The molecule has 0 amide bonds. The van der Waals surface area contributed by atoms with Gasteiger partial charge in [0.05, 0.1) is 23.2 Å². The molecule has 8 heteroatoms. The lowest BCUT2D eigenvalue weighted by molar-refractivity contribution is 0.490. The molecule has 0 unspecified atom stereocenters. The predicted octanol–water partition coefficient (Wildman–Crippen LogP) is 3.79. The number of H-pyrrole nitrogens is 1. The lowest BCUT2D eigenvalue weighted by atomic mass is 9.93. The smallest absolute Gasteiger partial charge is 0.227 e. The van der Waals surface area contributed by atoms with Crippen molar-refractivity contribution >= 4 is 28.7 Å². The van der Waals surface area contributed by atoms with Gasteiger partial charge in [0.25, 0.3) is 0 Å². The average Bonchev–Trinajstić information content (AvgIpc) is 3.36. The number of fused-ring (bicyclic) bond motifs is 1. The van der Waals surface area contributed by atoms with E-state index in [9.17, 15) is 0 Å². The molecule has 0 radical (unpaired) electrons. The number of aryl methyl sites for hydroxylation is 1. The number of hydrogen-bond donors (Lipinski definition) is 1. The van der Waals surface area contributed by atoms with Gasteiger partial charge < -0.3 is 9.47 Å². The molecule has 4 aromatic rings. The zero-order valence-electron chi connectivity index (χ0n) is 15.5. The maximum Gasteiger partial charge on any atom is 0.227 e. The second kappa shape index (κ2) is 6.91. The standard InChI is InChI=1S/C20H20ClN7/c1-27-12-23-18-11-22-20(24-19(18)27)28-8-6-13(7-9-28)16-10-17(26-25-16)14-4-2-3-5-15(14)21/h2-5,10-13H,6-9H2,1H3,(H,25,26). The van der Waals surface area contributed by atoms with Crippen molar-refractivity contribution in [2.24, 2.45) is 7.05 Å². The first-order valence-corrected chi connectivity index (χ1v) is 9.76. The number of aromatic nitrogens is 6. The Morgan fingerprint density at radius 2 is 1.96 bits per heavy atom. The van der Waals surface area contributed by atoms with Crippen LogP contribution >= 0.6 is 11.6 Å². The van der Waals surface area contributed by atoms with Gasteiger partial charge in [0.2, 0.25) is 5.95 Å². The monoisotopic (exact) mass is 393 g/mol. The molecule has 1 aliphatic heterocycles. The minimum absolute atomic E-state index is 0.445. The number of hydrogen-bond acceptors (Lipinski definition) is 5. The zero-order chi connectivity index (χ0) is 19.1. The van der Waals surface area contributed by atoms with Crippen molar-refractivity contribution in [1.29, 1.82) is 0 Å². The van der Waals surface area contributed by atoms with E-state index in [1.54, 1.807) is 12.5 Å². The highest BCUT2D eigenvalue weighted by Gasteiger charge is 2.24. The molecule has 142 valence electrons. The van der Waals surface area contributed by atoms with E-state index in [0.29, 0.717) is 5.92 Å². The number of halogens is 1. The molecule has 7 nitrogen and oxygen atoms in total. The number of benzene rings is 1. The highest BCUT2D eigenvalue weighted by molar-refractivity contribution is 6.33. The van der Waals surface area contributed by atoms with Crippen LogP contribution in [-0.4, -0.2) is 42.8 Å². The van der Waals surface area contributed by atoms with Crippen LogP contribution in [0.3, 0.4) is 0 Å². The van der Waals surface area contributed by atoms with Crippen LogP contribution in [0.15, 0.2) is 42.9 Å². The first kappa shape index (κ1) is 17.2. The fourth-order valence-corrected chi connectivity index (χ4v) is 4.04. The summed E-state index contributed by atoms with van der Waals surface area (Å²) in [4.78, 5) is 15.7. The number of anilines is 1. The minimum Gasteiger partial charge on any atom is -0.341 e. The molecule has 1 N–H and O–H groups in total. The molecule has 1 aliphatic rings. The summed E-state index contributed by atoms with van der Waals surface area (Å²) in [5.41, 5.74) is 4.71. The van der Waals surface area contributed by atoms with Gasteiger partial charge in [-0.25, -0.2) is 9.97 Å². The van der Waals surface area contributed by atoms with Crippen molar-refractivity contribution in [2.45, 2.75) is 18.8 Å². The van der Waals surface area contributed by atoms with Gasteiger partial charge in [-0.3, -0.25) is 5.10 Å². The van der Waals surface area contributed by atoms with Gasteiger partial charge in [-0.15, -0.1) is 0 Å². The number of imidazole rings is 1. The average molecular weight is 394 g/mol. The quantitative estimate of drug-likeness (QED) is 0.573. The molecule has 0 bridgehead atoms. The molecular formula is C20H20ClN7. The zero-order valence-corrected chi connectivity index (χ0v) is 16.3. The van der Waals surface area contributed by atoms with Gasteiger partial charge in [-0.2, -0.15) is 10.1 Å². The van der Waals surface area contributed by atoms with Gasteiger partial charge in [0, 0.05) is 37.3 Å². The highest BCUT2D eigenvalue weighted by Crippen LogP contribution is 2.32. The van der Waals surface area contributed by atoms with Gasteiger partial charge >= 0.3 is 0 Å². The van der Waals surface area contributed by atoms with E-state index >= 15 is 0 Å². The number of aromatic amines is 1. The second-order valence-corrected chi connectivity index (χ2v) is 7.59. The molecule has 1 aromatic carbocycles. The lowest BCUT2D eigenvalue weighted by Crippen LogP contribution is -2.34. The van der Waals surface area contributed by atoms with E-state index in [2.05, 4.69) is 31.1 Å². The SMILES string of the molecule is Cn1cnc2cnc(N3CCC(c4cc(-c5ccccc5Cl)n[nH]4)CC3)nc21. The van der Waals surface area contributed by atoms with E-state index in [4.69, 9.17) is 16.6 Å². The molecule has 0 spiro atoms. The highest BCUT2D eigenvalue weighted by atomic mass is 35.5. The Bertz CT molecular complexity index is 1120. The molecule has 28 heavy (non-hydrogen) atoms. The van der Waals surface area contributed by atoms with Crippen LogP contribution in [0.25, 0.3) is 22.4 Å². The molecule has 4 heterocycles. The summed E-state index contributed by atoms with van der Waals surface area (Å²) < 4.78 is 1.92. The Morgan fingerprint density at radius 3 is 2.79 bits per heavy atom. The molecule has 1 fully saturated rings. The molecule has 0 atom stereocenters. The third-order valence-electron chi connectivity index (χ3n) is 5.41. The molecule has 1 saturated heterocycles. The number of nitrogens with zero attached hydrogens (tertiary/aromatic N) is 6. The Labute approximate surface area is 167 Å². The third kappa shape index (κ3) is 3.01. The summed E-state index contributed by atoms with van der Waals surface area (Å²) in [7, 11) is 1.95. The van der Waals surface area contributed by atoms with Crippen molar-refractivity contribution < 1.29 is 0 Å². The summed E-state index contributed by atoms with van der Waals surface area (Å²) in [5, 5.41) is 8.41. The van der Waals surface area contributed by atoms with E-state index in [-0.39, 0.29) is 0 Å². The van der Waals surface area contributed by atoms with Crippen molar-refractivity contribution in [1.82, 2.24) is 29.7 Å². The van der Waals surface area contributed by atoms with E-state index < -0.39 is 0 Å². The molecular weight excluding hydrogens is 374 g/mol. The molecule has 5 rings (SSSR count). The topological polar surface area (TPSA) is 75.5 Å². The number of piperidine rings is 1. The van der Waals surface area contributed by atoms with Crippen LogP contribution in [0, 0.1) is 0 Å². The van der Waals surface area contributed by atoms with Gasteiger partial charge in [0.15, 0.2) is 5.65 Å². The first-order valence-electron chi connectivity index (χ1n) is 9.38. The van der Waals surface area contributed by atoms with Crippen molar-refractivity contribution in [3.8, 4) is 11.3 Å². The predicted molar refractivity (Wildman–Crippen MR) is 110 cm³/mol. The van der Waals surface area contributed by atoms with Crippen LogP contribution < -0.4 is 4.90 Å². The van der Waals surface area contributed by atoms with Crippen LogP contribution in [0.2, 0.25) is 5.02 Å². The van der Waals surface area contributed by atoms with Gasteiger partial charge in [-0.05, 0) is 25.0 Å². The number of rotatable bonds is 3. The van der Waals surface area contributed by atoms with Crippen LogP contribution in [0.4, 0.5) is 5.95 Å². The van der Waals surface area contributed by atoms with E-state index in [1.807, 2.05) is 35.9 Å². The summed E-state index contributed by atoms with van der Waals surface area (Å²) in [5.74, 6) is 1.22. The fraction of sp³-hybridized carbons (Fsp3) is 0.300. The Kier molecular flexibility index (Phi) is 4.24. The number of nitrogens with one attached hydrogen (secondary N) is 1. The maximum absolute atomic E-state index is 6.30. The Hall–Kier alpha value is -2.93. The van der Waals surface area contributed by atoms with Crippen LogP contribution in [0.5, 0.6) is 0 Å². The third-order valence-corrected chi connectivity index (χ3v) is 5.74. The fourth-order valence-electron chi connectivity index (χ4n) is 3.81. The summed E-state index contributed by atoms with van der Waals surface area (Å²) >= 11 is 6.30. The van der Waals surface area contributed by atoms with Gasteiger partial charge in [-0.1, -0.05) is 29.8 Å². The second-order valence-electron chi connectivity index (χ2n) is 7.18. The normalized spacial score (nSPS) is 15.4. The Balaban J connectivity index is 1.30. The van der Waals surface area contributed by atoms with E-state index in [1.165, 1.54) is 0 Å². The first-order chi connectivity index (χ1) is 13.7. The van der Waals surface area contributed by atoms with Crippen molar-refractivity contribution in [3.63, 3.8) is 0 Å². The largest absolute Gasteiger partial charge is 0.341 e. The van der Waals surface area contributed by atoms with Gasteiger partial charge in [0.1, 0.15) is 5.52 Å². The van der Waals surface area contributed by atoms with Crippen LogP contribution in [-0.2, 0) is 7.05 Å². The van der Waals surface area contributed by atoms with Crippen LogP contribution in [0.1, 0.15) is 24.5 Å². The molecule has 0 saturated carbocycles. The maximum atomic E-state index is 6.30. The summed E-state index contributed by atoms with van der Waals surface area (Å²) in [6, 6.07) is 9.92. The minimum atomic E-state index is 0.445. The van der Waals surface area contributed by atoms with Crippen molar-refractivity contribution in [2.75, 3.05) is 18.0 Å². The van der Waals surface area contributed by atoms with Crippen molar-refractivity contribution in [3.05, 3.63) is 53.6 Å². The summed E-state index contributed by atoms with van der Waals surface area (Å²) in [6.07, 6.45) is 5.62. The summed E-state index contributed by atoms with van der Waals surface area (Å²) in [6.45, 7) is 1.82. The lowest BCUT2D eigenvalue weighted by Gasteiger charge is -2.31.